The largest absolute Gasteiger partial charge is 0.143 e. The standard InChI is InChI=1S/C21H28S.C20H24S/c1-2-3-4-5-6-7-8-9-18-10-12-19(13-11-18)20-14-16-21(22)17-15-20;1-2-3-4-5-6-7-8-17-9-11-18(12-10-17)19-13-15-20(21)16-14-19/h10-17,22H,2-9H2,1H3;5-6,9-16,21H,2-4,7-8H2,1H3/b;6-5+. The van der Waals surface area contributed by atoms with Crippen LogP contribution in [0.5, 0.6) is 0 Å². The summed E-state index contributed by atoms with van der Waals surface area (Å²) in [5.74, 6) is 0. The van der Waals surface area contributed by atoms with Gasteiger partial charge in [0.15, 0.2) is 0 Å². The van der Waals surface area contributed by atoms with Gasteiger partial charge in [-0.3, -0.25) is 0 Å². The fraction of sp³-hybridized carbons (Fsp3) is 0.366. The molecule has 4 rings (SSSR count). The zero-order chi connectivity index (χ0) is 30.5. The zero-order valence-electron chi connectivity index (χ0n) is 26.5. The number of hydrogen-bond donors (Lipinski definition) is 2. The van der Waals surface area contributed by atoms with Gasteiger partial charge in [-0.15, -0.1) is 25.3 Å². The van der Waals surface area contributed by atoms with E-state index in [1.165, 1.54) is 104 Å². The van der Waals surface area contributed by atoms with Gasteiger partial charge < -0.3 is 0 Å². The highest BCUT2D eigenvalue weighted by Gasteiger charge is 2.00. The maximum atomic E-state index is 4.33. The molecule has 0 atom stereocenters. The molecule has 0 fully saturated rings. The number of unbranched alkanes of at least 4 members (excludes halogenated alkanes) is 8. The molecule has 228 valence electrons. The van der Waals surface area contributed by atoms with Gasteiger partial charge in [0.25, 0.3) is 0 Å². The van der Waals surface area contributed by atoms with Crippen LogP contribution in [0.25, 0.3) is 22.3 Å². The van der Waals surface area contributed by atoms with Crippen LogP contribution in [0.2, 0.25) is 0 Å². The fourth-order valence-corrected chi connectivity index (χ4v) is 5.43. The van der Waals surface area contributed by atoms with Gasteiger partial charge in [-0.05, 0) is 89.8 Å². The van der Waals surface area contributed by atoms with Gasteiger partial charge in [-0.25, -0.2) is 0 Å². The third kappa shape index (κ3) is 14.1. The van der Waals surface area contributed by atoms with Gasteiger partial charge in [-0.2, -0.15) is 0 Å². The highest BCUT2D eigenvalue weighted by atomic mass is 32.1. The summed E-state index contributed by atoms with van der Waals surface area (Å²) in [5.41, 5.74) is 7.94. The maximum absolute atomic E-state index is 4.33. The van der Waals surface area contributed by atoms with E-state index >= 15 is 0 Å². The van der Waals surface area contributed by atoms with Crippen LogP contribution in [-0.4, -0.2) is 0 Å². The average molecular weight is 609 g/mol. The predicted molar refractivity (Wildman–Crippen MR) is 197 cm³/mol. The smallest absolute Gasteiger partial charge is 0.00404 e. The molecule has 2 heteroatoms. The number of hydrogen-bond acceptors (Lipinski definition) is 2. The van der Waals surface area contributed by atoms with Crippen LogP contribution in [0, 0.1) is 0 Å². The fourth-order valence-electron chi connectivity index (χ4n) is 5.13. The molecule has 0 radical (unpaired) electrons. The van der Waals surface area contributed by atoms with Gasteiger partial charge >= 0.3 is 0 Å². The summed E-state index contributed by atoms with van der Waals surface area (Å²) in [7, 11) is 0. The van der Waals surface area contributed by atoms with Crippen LogP contribution in [-0.2, 0) is 12.8 Å². The lowest BCUT2D eigenvalue weighted by Gasteiger charge is -2.05. The number of allylic oxidation sites excluding steroid dienone is 2. The van der Waals surface area contributed by atoms with Gasteiger partial charge in [0, 0.05) is 9.79 Å². The molecule has 0 N–H and O–H groups in total. The summed E-state index contributed by atoms with van der Waals surface area (Å²) in [6.45, 7) is 4.51. The molecule has 0 aromatic heterocycles. The van der Waals surface area contributed by atoms with E-state index < -0.39 is 0 Å². The normalized spacial score (nSPS) is 11.0. The van der Waals surface area contributed by atoms with Crippen molar-refractivity contribution in [1.29, 1.82) is 0 Å². The Balaban J connectivity index is 0.000000236. The first-order valence-electron chi connectivity index (χ1n) is 16.5. The molecule has 0 saturated heterocycles. The van der Waals surface area contributed by atoms with Crippen molar-refractivity contribution in [3.8, 4) is 22.3 Å². The number of rotatable bonds is 16. The van der Waals surface area contributed by atoms with Gasteiger partial charge in [-0.1, -0.05) is 150 Å². The van der Waals surface area contributed by atoms with E-state index in [0.29, 0.717) is 0 Å². The van der Waals surface area contributed by atoms with Crippen LogP contribution < -0.4 is 0 Å². The van der Waals surface area contributed by atoms with Crippen LogP contribution in [0.1, 0.15) is 95.6 Å². The molecule has 0 unspecified atom stereocenters. The lowest BCUT2D eigenvalue weighted by Crippen LogP contribution is -1.87. The maximum Gasteiger partial charge on any atom is 0.00404 e. The lowest BCUT2D eigenvalue weighted by molar-refractivity contribution is 0.589. The molecular weight excluding hydrogens is 557 g/mol. The molecule has 0 spiro atoms. The molecular formula is C41H52S2. The van der Waals surface area contributed by atoms with Crippen molar-refractivity contribution in [3.63, 3.8) is 0 Å². The second-order valence-electron chi connectivity index (χ2n) is 11.5. The highest BCUT2D eigenvalue weighted by molar-refractivity contribution is 7.80. The minimum atomic E-state index is 1.00. The van der Waals surface area contributed by atoms with Crippen LogP contribution in [0.4, 0.5) is 0 Å². The molecule has 4 aromatic carbocycles. The molecule has 0 aliphatic rings. The van der Waals surface area contributed by atoms with Crippen molar-refractivity contribution in [2.24, 2.45) is 0 Å². The molecule has 0 aliphatic carbocycles. The Hall–Kier alpha value is -2.68. The molecule has 0 bridgehead atoms. The van der Waals surface area contributed by atoms with Crippen molar-refractivity contribution >= 4 is 25.3 Å². The summed E-state index contributed by atoms with van der Waals surface area (Å²) in [5, 5.41) is 0. The quantitative estimate of drug-likeness (QED) is 0.0705. The number of thiol groups is 2. The van der Waals surface area contributed by atoms with E-state index in [1.54, 1.807) is 0 Å². The van der Waals surface area contributed by atoms with Crippen molar-refractivity contribution in [3.05, 3.63) is 120 Å². The van der Waals surface area contributed by atoms with Gasteiger partial charge in [0.2, 0.25) is 0 Å². The molecule has 0 nitrogen and oxygen atoms in total. The summed E-state index contributed by atoms with van der Waals surface area (Å²) in [6, 6.07) is 34.6. The Morgan fingerprint density at radius 2 is 0.767 bits per heavy atom. The van der Waals surface area contributed by atoms with Gasteiger partial charge in [0.05, 0.1) is 0 Å². The minimum Gasteiger partial charge on any atom is -0.143 e. The highest BCUT2D eigenvalue weighted by Crippen LogP contribution is 2.23. The van der Waals surface area contributed by atoms with E-state index in [1.807, 2.05) is 24.3 Å². The zero-order valence-corrected chi connectivity index (χ0v) is 28.3. The van der Waals surface area contributed by atoms with E-state index in [2.05, 4.69) is 124 Å². The third-order valence-corrected chi connectivity index (χ3v) is 8.47. The Kier molecular flexibility index (Phi) is 17.1. The number of benzene rings is 4. The predicted octanol–water partition coefficient (Wildman–Crippen LogP) is 13.3. The van der Waals surface area contributed by atoms with Crippen molar-refractivity contribution in [2.75, 3.05) is 0 Å². The van der Waals surface area contributed by atoms with Crippen molar-refractivity contribution in [1.82, 2.24) is 0 Å². The summed E-state index contributed by atoms with van der Waals surface area (Å²) >= 11 is 8.66. The van der Waals surface area contributed by atoms with Crippen LogP contribution >= 0.6 is 25.3 Å². The van der Waals surface area contributed by atoms with Crippen LogP contribution in [0.3, 0.4) is 0 Å². The van der Waals surface area contributed by atoms with Gasteiger partial charge in [0.1, 0.15) is 0 Å². The molecule has 0 amide bonds. The first-order valence-corrected chi connectivity index (χ1v) is 17.4. The van der Waals surface area contributed by atoms with E-state index in [9.17, 15) is 0 Å². The lowest BCUT2D eigenvalue weighted by atomic mass is 10.0. The first kappa shape index (κ1) is 34.8. The van der Waals surface area contributed by atoms with Crippen LogP contribution in [0.15, 0.2) is 119 Å². The first-order chi connectivity index (χ1) is 21.1. The average Bonchev–Trinajstić information content (AvgIpc) is 3.04. The molecule has 4 aromatic rings. The Morgan fingerprint density at radius 1 is 0.395 bits per heavy atom. The number of aryl methyl sites for hydroxylation is 2. The molecule has 0 saturated carbocycles. The Bertz CT molecular complexity index is 1280. The molecule has 0 aliphatic heterocycles. The molecule has 43 heavy (non-hydrogen) atoms. The third-order valence-electron chi connectivity index (χ3n) is 7.87. The second-order valence-corrected chi connectivity index (χ2v) is 12.5. The second kappa shape index (κ2) is 21.1. The van der Waals surface area contributed by atoms with E-state index in [4.69, 9.17) is 0 Å². The Labute approximate surface area is 273 Å². The van der Waals surface area contributed by atoms with Crippen molar-refractivity contribution < 1.29 is 0 Å². The van der Waals surface area contributed by atoms with E-state index in [0.717, 1.165) is 22.6 Å². The SMILES string of the molecule is CCCC/C=C/CCc1ccc(-c2ccc(S)cc2)cc1.CCCCCCCCCc1ccc(-c2ccc(S)cc2)cc1. The topological polar surface area (TPSA) is 0 Å². The van der Waals surface area contributed by atoms with E-state index in [-0.39, 0.29) is 0 Å². The summed E-state index contributed by atoms with van der Waals surface area (Å²) in [4.78, 5) is 2.02. The molecule has 0 heterocycles. The van der Waals surface area contributed by atoms with Crippen molar-refractivity contribution in [2.45, 2.75) is 107 Å². The minimum absolute atomic E-state index is 1.00. The summed E-state index contributed by atoms with van der Waals surface area (Å²) in [6.07, 6.45) is 21.5. The summed E-state index contributed by atoms with van der Waals surface area (Å²) < 4.78 is 0. The monoisotopic (exact) mass is 608 g/mol. The Morgan fingerprint density at radius 3 is 1.23 bits per heavy atom.